The predicted octanol–water partition coefficient (Wildman–Crippen LogP) is 0.798. The van der Waals surface area contributed by atoms with Crippen molar-refractivity contribution in [2.24, 2.45) is 5.14 Å². The number of carbonyl (C=O) groups excluding carboxylic acids is 3. The largest absolute Gasteiger partial charge is 0.450 e. The molecule has 1 aromatic carbocycles. The first kappa shape index (κ1) is 22.1. The second-order valence-electron chi connectivity index (χ2n) is 6.30. The molecular formula is C18H21N3O7S. The van der Waals surface area contributed by atoms with E-state index in [1.165, 1.54) is 7.05 Å². The number of hydrogen-bond acceptors (Lipinski definition) is 7. The number of nitrogens with one attached hydrogen (secondary N) is 1. The molecule has 0 radical (unpaired) electrons. The van der Waals surface area contributed by atoms with Gasteiger partial charge in [-0.2, -0.15) is 0 Å². The number of esters is 1. The van der Waals surface area contributed by atoms with E-state index in [1.54, 1.807) is 0 Å². The summed E-state index contributed by atoms with van der Waals surface area (Å²) in [7, 11) is -2.72. The number of furan rings is 1. The van der Waals surface area contributed by atoms with E-state index in [4.69, 9.17) is 14.3 Å². The van der Waals surface area contributed by atoms with Crippen molar-refractivity contribution < 1.29 is 32.0 Å². The number of sulfonamides is 1. The van der Waals surface area contributed by atoms with Gasteiger partial charge in [0.25, 0.3) is 15.9 Å². The number of benzene rings is 1. The lowest BCUT2D eigenvalue weighted by molar-refractivity contribution is -0.136. The SMILES string of the molecule is Cc1cccc(C)c1NC(=O)CN(C)C(=O)COC(=O)c1ccc(S(N)(=O)=O)o1. The highest BCUT2D eigenvalue weighted by Gasteiger charge is 2.21. The molecule has 0 aliphatic rings. The zero-order valence-corrected chi connectivity index (χ0v) is 16.9. The molecule has 0 aliphatic heterocycles. The number of aryl methyl sites for hydroxylation is 2. The maximum absolute atomic E-state index is 12.2. The van der Waals surface area contributed by atoms with Gasteiger partial charge in [-0.15, -0.1) is 0 Å². The molecule has 1 aromatic heterocycles. The van der Waals surface area contributed by atoms with Crippen molar-refractivity contribution in [2.75, 3.05) is 25.5 Å². The maximum atomic E-state index is 12.2. The smallest absolute Gasteiger partial charge is 0.374 e. The van der Waals surface area contributed by atoms with Crippen molar-refractivity contribution in [2.45, 2.75) is 18.9 Å². The van der Waals surface area contributed by atoms with Crippen molar-refractivity contribution in [1.29, 1.82) is 0 Å². The highest BCUT2D eigenvalue weighted by Crippen LogP contribution is 2.19. The molecule has 0 atom stereocenters. The number of carbonyl (C=O) groups is 3. The van der Waals surface area contributed by atoms with Crippen LogP contribution in [-0.2, 0) is 24.3 Å². The van der Waals surface area contributed by atoms with Crippen LogP contribution in [0.25, 0.3) is 0 Å². The third-order valence-corrected chi connectivity index (χ3v) is 4.72. The first-order valence-corrected chi connectivity index (χ1v) is 9.93. The van der Waals surface area contributed by atoms with Crippen molar-refractivity contribution >= 4 is 33.5 Å². The van der Waals surface area contributed by atoms with Crippen molar-refractivity contribution in [3.63, 3.8) is 0 Å². The number of anilines is 1. The van der Waals surface area contributed by atoms with Crippen LogP contribution in [0, 0.1) is 13.8 Å². The third kappa shape index (κ3) is 5.90. The fourth-order valence-corrected chi connectivity index (χ4v) is 2.85. The molecule has 0 unspecified atom stereocenters. The molecule has 29 heavy (non-hydrogen) atoms. The van der Waals surface area contributed by atoms with E-state index >= 15 is 0 Å². The number of ether oxygens (including phenoxy) is 1. The molecular weight excluding hydrogens is 402 g/mol. The Balaban J connectivity index is 1.88. The lowest BCUT2D eigenvalue weighted by atomic mass is 10.1. The van der Waals surface area contributed by atoms with E-state index in [-0.39, 0.29) is 6.54 Å². The van der Waals surface area contributed by atoms with Gasteiger partial charge in [-0.1, -0.05) is 18.2 Å². The number of para-hydroxylation sites is 1. The molecule has 0 spiro atoms. The predicted molar refractivity (Wildman–Crippen MR) is 103 cm³/mol. The molecule has 11 heteroatoms. The molecule has 0 saturated carbocycles. The van der Waals surface area contributed by atoms with Crippen LogP contribution in [0.2, 0.25) is 0 Å². The van der Waals surface area contributed by atoms with Crippen LogP contribution in [0.1, 0.15) is 21.7 Å². The summed E-state index contributed by atoms with van der Waals surface area (Å²) in [6, 6.07) is 7.64. The van der Waals surface area contributed by atoms with Gasteiger partial charge in [-0.3, -0.25) is 9.59 Å². The van der Waals surface area contributed by atoms with Crippen LogP contribution in [0.5, 0.6) is 0 Å². The second-order valence-corrected chi connectivity index (χ2v) is 7.80. The lowest BCUT2D eigenvalue weighted by Crippen LogP contribution is -2.37. The molecule has 10 nitrogen and oxygen atoms in total. The third-order valence-electron chi connectivity index (χ3n) is 3.94. The molecule has 2 amide bonds. The minimum absolute atomic E-state index is 0.250. The first-order valence-electron chi connectivity index (χ1n) is 8.39. The molecule has 0 bridgehead atoms. The van der Waals surface area contributed by atoms with Crippen LogP contribution in [-0.4, -0.2) is 51.3 Å². The van der Waals surface area contributed by atoms with E-state index in [1.807, 2.05) is 32.0 Å². The Labute approximate surface area is 167 Å². The Morgan fingerprint density at radius 3 is 2.31 bits per heavy atom. The fraction of sp³-hybridized carbons (Fsp3) is 0.278. The van der Waals surface area contributed by atoms with Gasteiger partial charge in [-0.05, 0) is 37.1 Å². The number of likely N-dealkylation sites (N-methyl/N-ethyl adjacent to an activating group) is 1. The Hall–Kier alpha value is -3.18. The average Bonchev–Trinajstić information content (AvgIpc) is 3.13. The molecule has 0 aliphatic carbocycles. The number of amides is 2. The Morgan fingerprint density at radius 2 is 1.76 bits per heavy atom. The minimum atomic E-state index is -4.10. The summed E-state index contributed by atoms with van der Waals surface area (Å²) in [4.78, 5) is 37.2. The average molecular weight is 423 g/mol. The van der Waals surface area contributed by atoms with Gasteiger partial charge in [0.1, 0.15) is 0 Å². The zero-order chi connectivity index (χ0) is 21.8. The normalized spacial score (nSPS) is 11.0. The van der Waals surface area contributed by atoms with Gasteiger partial charge in [0.05, 0.1) is 6.54 Å². The van der Waals surface area contributed by atoms with Crippen LogP contribution < -0.4 is 10.5 Å². The molecule has 2 rings (SSSR count). The monoisotopic (exact) mass is 423 g/mol. The van der Waals surface area contributed by atoms with E-state index in [2.05, 4.69) is 5.32 Å². The number of nitrogens with zero attached hydrogens (tertiary/aromatic N) is 1. The van der Waals surface area contributed by atoms with E-state index in [0.29, 0.717) is 5.69 Å². The highest BCUT2D eigenvalue weighted by atomic mass is 32.2. The number of nitrogens with two attached hydrogens (primary N) is 1. The summed E-state index contributed by atoms with van der Waals surface area (Å²) >= 11 is 0. The summed E-state index contributed by atoms with van der Waals surface area (Å²) < 4.78 is 31.8. The van der Waals surface area contributed by atoms with Gasteiger partial charge in [0.2, 0.25) is 16.8 Å². The van der Waals surface area contributed by atoms with Gasteiger partial charge in [0.15, 0.2) is 6.61 Å². The van der Waals surface area contributed by atoms with E-state index in [0.717, 1.165) is 28.2 Å². The Kier molecular flexibility index (Phi) is 6.77. The summed E-state index contributed by atoms with van der Waals surface area (Å²) in [5.41, 5.74) is 2.45. The fourth-order valence-electron chi connectivity index (χ4n) is 2.39. The first-order chi connectivity index (χ1) is 13.5. The molecule has 0 fully saturated rings. The maximum Gasteiger partial charge on any atom is 0.374 e. The molecule has 0 saturated heterocycles. The van der Waals surface area contributed by atoms with Crippen LogP contribution in [0.4, 0.5) is 5.69 Å². The molecule has 1 heterocycles. The van der Waals surface area contributed by atoms with Crippen molar-refractivity contribution in [1.82, 2.24) is 4.90 Å². The van der Waals surface area contributed by atoms with Crippen LogP contribution in [0.3, 0.4) is 0 Å². The zero-order valence-electron chi connectivity index (χ0n) is 16.1. The molecule has 2 aromatic rings. The van der Waals surface area contributed by atoms with Crippen molar-refractivity contribution in [3.05, 3.63) is 47.2 Å². The van der Waals surface area contributed by atoms with Gasteiger partial charge in [-0.25, -0.2) is 18.4 Å². The highest BCUT2D eigenvalue weighted by molar-refractivity contribution is 7.89. The van der Waals surface area contributed by atoms with Gasteiger partial charge < -0.3 is 19.4 Å². The quantitative estimate of drug-likeness (QED) is 0.625. The summed E-state index contributed by atoms with van der Waals surface area (Å²) in [5.74, 6) is -2.50. The van der Waals surface area contributed by atoms with Crippen LogP contribution >= 0.6 is 0 Å². The van der Waals surface area contributed by atoms with Crippen molar-refractivity contribution in [3.8, 4) is 0 Å². The topological polar surface area (TPSA) is 149 Å². The van der Waals surface area contributed by atoms with Gasteiger partial charge in [0, 0.05) is 12.7 Å². The minimum Gasteiger partial charge on any atom is -0.450 e. The van der Waals surface area contributed by atoms with Gasteiger partial charge >= 0.3 is 5.97 Å². The summed E-state index contributed by atoms with van der Waals surface area (Å²) in [6.07, 6.45) is 0. The Bertz CT molecular complexity index is 1020. The van der Waals surface area contributed by atoms with E-state index < -0.39 is 45.3 Å². The Morgan fingerprint density at radius 1 is 1.14 bits per heavy atom. The molecule has 3 N–H and O–H groups in total. The number of primary sulfonamides is 1. The van der Waals surface area contributed by atoms with Crippen LogP contribution in [0.15, 0.2) is 39.8 Å². The number of hydrogen-bond donors (Lipinski definition) is 2. The standard InChI is InChI=1S/C18H21N3O7S/c1-11-5-4-6-12(2)17(11)20-14(22)9-21(3)15(23)10-27-18(24)13-7-8-16(28-13)29(19,25)26/h4-8H,9-10H2,1-3H3,(H,20,22)(H2,19,25,26). The number of rotatable bonds is 7. The molecule has 156 valence electrons. The summed E-state index contributed by atoms with van der Waals surface area (Å²) in [5, 5.41) is 7.03. The van der Waals surface area contributed by atoms with E-state index in [9.17, 15) is 22.8 Å². The second kappa shape index (κ2) is 8.88. The summed E-state index contributed by atoms with van der Waals surface area (Å²) in [6.45, 7) is 2.80. The lowest BCUT2D eigenvalue weighted by Gasteiger charge is -2.18.